The van der Waals surface area contributed by atoms with E-state index < -0.39 is 19.0 Å². The van der Waals surface area contributed by atoms with Gasteiger partial charge >= 0.3 is 0 Å². The fraction of sp³-hybridized carbons (Fsp3) is 0.214. The number of benzene rings is 2. The lowest BCUT2D eigenvalue weighted by molar-refractivity contribution is -0.113. The summed E-state index contributed by atoms with van der Waals surface area (Å²) in [6.45, 7) is 1.53. The van der Waals surface area contributed by atoms with Crippen molar-refractivity contribution in [2.45, 2.75) is 25.8 Å². The summed E-state index contributed by atoms with van der Waals surface area (Å²) in [6, 6.07) is 17.3. The van der Waals surface area contributed by atoms with E-state index in [-0.39, 0.29) is 5.91 Å². The number of H-pyrrole nitrogens is 1. The Morgan fingerprint density at radius 3 is 2.55 bits per heavy atom. The second-order valence-corrected chi connectivity index (χ2v) is 9.43. The molecule has 1 amide bonds. The van der Waals surface area contributed by atoms with E-state index in [9.17, 15) is 13.6 Å². The van der Waals surface area contributed by atoms with Gasteiger partial charge in [-0.1, -0.05) is 31.2 Å². The molecule has 38 heavy (non-hydrogen) atoms. The zero-order valence-electron chi connectivity index (χ0n) is 20.7. The number of aromatic amines is 1. The normalized spacial score (nSPS) is 14.4. The summed E-state index contributed by atoms with van der Waals surface area (Å²) < 4.78 is 28.7. The van der Waals surface area contributed by atoms with Gasteiger partial charge in [-0.05, 0) is 42.3 Å². The number of aryl methyl sites for hydroxylation is 1. The van der Waals surface area contributed by atoms with Crippen molar-refractivity contribution in [1.29, 1.82) is 0 Å². The number of fused-ring (bicyclic) bond motifs is 1. The van der Waals surface area contributed by atoms with Crippen LogP contribution in [-0.4, -0.2) is 54.6 Å². The number of likely N-dealkylation sites (tertiary alicyclic amines) is 1. The molecule has 2 N–H and O–H groups in total. The molecule has 8 nitrogen and oxygen atoms in total. The number of halogens is 2. The average Bonchev–Trinajstić information content (AvgIpc) is 3.56. The van der Waals surface area contributed by atoms with Crippen LogP contribution in [0.2, 0.25) is 0 Å². The molecule has 0 atom stereocenters. The van der Waals surface area contributed by atoms with Gasteiger partial charge in [0, 0.05) is 46.7 Å². The molecule has 1 fully saturated rings. The number of nitrogens with zero attached hydrogens (tertiary/aromatic N) is 5. The standard InChI is InChI=1S/C28H25F2N7O/c1-2-11-37-23-13-20(4-3-19(23)12-24(37)27(38)36-16-28(29,30)17-36)26-31-10-9-25(35-26)34-22-7-5-18(6-8-22)21-14-32-33-15-21/h3-10,12-15H,2,11,16-17H2,1H3,(H,32,33)(H,31,34,35). The Hall–Kier alpha value is -4.60. The van der Waals surface area contributed by atoms with Crippen LogP contribution in [0.4, 0.5) is 20.3 Å². The Kier molecular flexibility index (Phi) is 5.86. The maximum absolute atomic E-state index is 13.4. The number of carbonyl (C=O) groups excluding carboxylic acids is 1. The van der Waals surface area contributed by atoms with Crippen molar-refractivity contribution >= 4 is 28.3 Å². The van der Waals surface area contributed by atoms with Crippen LogP contribution in [-0.2, 0) is 6.54 Å². The zero-order valence-corrected chi connectivity index (χ0v) is 20.7. The summed E-state index contributed by atoms with van der Waals surface area (Å²) in [5.41, 5.74) is 5.00. The SMILES string of the molecule is CCCn1c(C(=O)N2CC(F)(F)C2)cc2ccc(-c3nccc(Nc4ccc(-c5cn[nH]c5)cc4)n3)cc21. The number of nitrogens with one attached hydrogen (secondary N) is 2. The predicted molar refractivity (Wildman–Crippen MR) is 141 cm³/mol. The number of rotatable bonds is 7. The van der Waals surface area contributed by atoms with E-state index >= 15 is 0 Å². The van der Waals surface area contributed by atoms with Crippen LogP contribution in [0.15, 0.2) is 73.2 Å². The molecule has 0 spiro atoms. The highest BCUT2D eigenvalue weighted by atomic mass is 19.3. The topological polar surface area (TPSA) is 91.7 Å². The third kappa shape index (κ3) is 4.49. The predicted octanol–water partition coefficient (Wildman–Crippen LogP) is 5.73. The van der Waals surface area contributed by atoms with Crippen molar-refractivity contribution in [3.63, 3.8) is 0 Å². The van der Waals surface area contributed by atoms with Crippen LogP contribution in [0.3, 0.4) is 0 Å². The Bertz CT molecular complexity index is 1600. The van der Waals surface area contributed by atoms with Crippen LogP contribution in [0, 0.1) is 0 Å². The number of alkyl halides is 2. The van der Waals surface area contributed by atoms with Crippen molar-refractivity contribution in [2.24, 2.45) is 0 Å². The van der Waals surface area contributed by atoms with Crippen LogP contribution in [0.5, 0.6) is 0 Å². The van der Waals surface area contributed by atoms with E-state index in [0.717, 1.165) is 39.7 Å². The number of anilines is 2. The van der Waals surface area contributed by atoms with Crippen molar-refractivity contribution < 1.29 is 13.6 Å². The minimum atomic E-state index is -2.80. The maximum Gasteiger partial charge on any atom is 0.282 e. The number of amides is 1. The molecule has 0 bridgehead atoms. The van der Waals surface area contributed by atoms with Crippen LogP contribution < -0.4 is 5.32 Å². The summed E-state index contributed by atoms with van der Waals surface area (Å²) in [7, 11) is 0. The van der Waals surface area contributed by atoms with Gasteiger partial charge in [0.2, 0.25) is 0 Å². The monoisotopic (exact) mass is 513 g/mol. The third-order valence-corrected chi connectivity index (χ3v) is 6.60. The Morgan fingerprint density at radius 2 is 1.84 bits per heavy atom. The third-order valence-electron chi connectivity index (χ3n) is 6.60. The highest BCUT2D eigenvalue weighted by molar-refractivity contribution is 6.00. The smallest absolute Gasteiger partial charge is 0.282 e. The van der Waals surface area contributed by atoms with Gasteiger partial charge in [0.05, 0.1) is 19.3 Å². The average molecular weight is 514 g/mol. The molecule has 5 aromatic rings. The minimum Gasteiger partial charge on any atom is -0.340 e. The van der Waals surface area contributed by atoms with E-state index in [4.69, 9.17) is 4.98 Å². The second-order valence-electron chi connectivity index (χ2n) is 9.43. The lowest BCUT2D eigenvalue weighted by Crippen LogP contribution is -2.58. The summed E-state index contributed by atoms with van der Waals surface area (Å²) in [6.07, 6.45) is 6.10. The van der Waals surface area contributed by atoms with Crippen LogP contribution >= 0.6 is 0 Å². The summed E-state index contributed by atoms with van der Waals surface area (Å²) in [5.74, 6) is -2.00. The van der Waals surface area contributed by atoms with E-state index in [1.165, 1.54) is 4.90 Å². The van der Waals surface area contributed by atoms with Gasteiger partial charge in [0.25, 0.3) is 11.8 Å². The maximum atomic E-state index is 13.4. The molecule has 0 unspecified atom stereocenters. The second kappa shape index (κ2) is 9.37. The van der Waals surface area contributed by atoms with E-state index in [2.05, 4.69) is 20.5 Å². The minimum absolute atomic E-state index is 0.372. The highest BCUT2D eigenvalue weighted by Gasteiger charge is 2.47. The van der Waals surface area contributed by atoms with Gasteiger partial charge in [-0.3, -0.25) is 9.89 Å². The van der Waals surface area contributed by atoms with Crippen molar-refractivity contribution in [2.75, 3.05) is 18.4 Å². The van der Waals surface area contributed by atoms with Gasteiger partial charge in [-0.25, -0.2) is 18.7 Å². The molecule has 4 heterocycles. The molecule has 1 saturated heterocycles. The van der Waals surface area contributed by atoms with Crippen molar-refractivity contribution in [3.05, 3.63) is 78.9 Å². The lowest BCUT2D eigenvalue weighted by Gasteiger charge is -2.38. The molecule has 2 aromatic carbocycles. The molecule has 1 aliphatic heterocycles. The van der Waals surface area contributed by atoms with Gasteiger partial charge in [-0.2, -0.15) is 5.10 Å². The molecule has 1 aliphatic rings. The zero-order chi connectivity index (χ0) is 26.3. The Labute approximate surface area is 217 Å². The first-order chi connectivity index (χ1) is 18.4. The highest BCUT2D eigenvalue weighted by Crippen LogP contribution is 2.31. The Morgan fingerprint density at radius 1 is 1.05 bits per heavy atom. The van der Waals surface area contributed by atoms with Gasteiger partial charge in [0.15, 0.2) is 5.82 Å². The fourth-order valence-electron chi connectivity index (χ4n) is 4.72. The summed E-state index contributed by atoms with van der Waals surface area (Å²) in [4.78, 5) is 23.3. The Balaban J connectivity index is 1.27. The van der Waals surface area contributed by atoms with Crippen LogP contribution in [0.1, 0.15) is 23.8 Å². The van der Waals surface area contributed by atoms with E-state index in [1.807, 2.05) is 60.2 Å². The first-order valence-corrected chi connectivity index (χ1v) is 12.4. The number of hydrogen-bond donors (Lipinski definition) is 2. The molecular weight excluding hydrogens is 488 g/mol. The quantitative estimate of drug-likeness (QED) is 0.290. The molecule has 3 aromatic heterocycles. The fourth-order valence-corrected chi connectivity index (χ4v) is 4.72. The van der Waals surface area contributed by atoms with Gasteiger partial charge in [0.1, 0.15) is 11.5 Å². The van der Waals surface area contributed by atoms with E-state index in [0.29, 0.717) is 23.9 Å². The molecule has 0 radical (unpaired) electrons. The molecule has 10 heteroatoms. The van der Waals surface area contributed by atoms with Crippen molar-refractivity contribution in [1.82, 2.24) is 29.6 Å². The van der Waals surface area contributed by atoms with Gasteiger partial charge < -0.3 is 14.8 Å². The largest absolute Gasteiger partial charge is 0.340 e. The molecular formula is C28H25F2N7O. The first kappa shape index (κ1) is 23.8. The molecule has 0 aliphatic carbocycles. The van der Waals surface area contributed by atoms with Crippen LogP contribution in [0.25, 0.3) is 33.4 Å². The first-order valence-electron chi connectivity index (χ1n) is 12.4. The molecule has 0 saturated carbocycles. The van der Waals surface area contributed by atoms with Gasteiger partial charge in [-0.15, -0.1) is 0 Å². The van der Waals surface area contributed by atoms with Crippen molar-refractivity contribution in [3.8, 4) is 22.5 Å². The summed E-state index contributed by atoms with van der Waals surface area (Å²) >= 11 is 0. The molecule has 6 rings (SSSR count). The summed E-state index contributed by atoms with van der Waals surface area (Å²) in [5, 5.41) is 11.0. The molecule has 192 valence electrons. The van der Waals surface area contributed by atoms with E-state index in [1.54, 1.807) is 24.5 Å². The lowest BCUT2D eigenvalue weighted by atomic mass is 10.1. The number of aromatic nitrogens is 5. The number of carbonyl (C=O) groups is 1. The number of hydrogen-bond acceptors (Lipinski definition) is 5.